The predicted octanol–water partition coefficient (Wildman–Crippen LogP) is 3.81. The molecule has 0 bridgehead atoms. The van der Waals surface area contributed by atoms with Crippen LogP contribution in [0.2, 0.25) is 0 Å². The number of fused-ring (bicyclic) bond motifs is 1. The molecule has 1 amide bonds. The van der Waals surface area contributed by atoms with Gasteiger partial charge in [-0.15, -0.1) is 0 Å². The number of benzene rings is 3. The van der Waals surface area contributed by atoms with Crippen molar-refractivity contribution >= 4 is 22.6 Å². The van der Waals surface area contributed by atoms with Gasteiger partial charge in [-0.25, -0.2) is 9.18 Å². The molecular formula is C23H22FNO5. The summed E-state index contributed by atoms with van der Waals surface area (Å²) in [6, 6.07) is 15.4. The lowest BCUT2D eigenvalue weighted by Crippen LogP contribution is -2.31. The van der Waals surface area contributed by atoms with Crippen molar-refractivity contribution in [2.24, 2.45) is 0 Å². The zero-order valence-electron chi connectivity index (χ0n) is 17.0. The van der Waals surface area contributed by atoms with E-state index in [-0.39, 0.29) is 11.3 Å². The van der Waals surface area contributed by atoms with Crippen LogP contribution in [-0.4, -0.2) is 44.7 Å². The van der Waals surface area contributed by atoms with E-state index < -0.39 is 24.3 Å². The minimum Gasteiger partial charge on any atom is -0.497 e. The van der Waals surface area contributed by atoms with Gasteiger partial charge >= 0.3 is 5.97 Å². The van der Waals surface area contributed by atoms with Gasteiger partial charge in [-0.3, -0.25) is 4.79 Å². The average molecular weight is 411 g/mol. The van der Waals surface area contributed by atoms with Crippen LogP contribution in [0.5, 0.6) is 11.5 Å². The summed E-state index contributed by atoms with van der Waals surface area (Å²) in [5.41, 5.74) is 0.673. The highest BCUT2D eigenvalue weighted by atomic mass is 19.1. The molecule has 7 heteroatoms. The minimum atomic E-state index is -0.906. The molecule has 3 rings (SSSR count). The maximum absolute atomic E-state index is 13.9. The third kappa shape index (κ3) is 4.86. The Bertz CT molecular complexity index is 1080. The smallest absolute Gasteiger partial charge is 0.341 e. The minimum absolute atomic E-state index is 0.254. The summed E-state index contributed by atoms with van der Waals surface area (Å²) in [6.45, 7) is -0.138. The first-order chi connectivity index (χ1) is 14.4. The highest BCUT2D eigenvalue weighted by Crippen LogP contribution is 2.22. The Morgan fingerprint density at radius 1 is 0.900 bits per heavy atom. The molecule has 30 heavy (non-hydrogen) atoms. The molecule has 6 nitrogen and oxygen atoms in total. The van der Waals surface area contributed by atoms with Crippen LogP contribution in [0, 0.1) is 5.82 Å². The van der Waals surface area contributed by atoms with Gasteiger partial charge in [0.05, 0.1) is 19.8 Å². The quantitative estimate of drug-likeness (QED) is 0.553. The van der Waals surface area contributed by atoms with Gasteiger partial charge in [0.15, 0.2) is 6.61 Å². The molecule has 0 atom stereocenters. The van der Waals surface area contributed by atoms with Crippen LogP contribution in [0.25, 0.3) is 10.8 Å². The summed E-state index contributed by atoms with van der Waals surface area (Å²) in [5, 5.41) is 2.05. The molecular weight excluding hydrogens is 389 g/mol. The van der Waals surface area contributed by atoms with Crippen molar-refractivity contribution in [2.75, 3.05) is 27.9 Å². The van der Waals surface area contributed by atoms with Crippen molar-refractivity contribution in [3.05, 3.63) is 71.5 Å². The van der Waals surface area contributed by atoms with Gasteiger partial charge in [-0.2, -0.15) is 0 Å². The van der Waals surface area contributed by atoms with Crippen LogP contribution >= 0.6 is 0 Å². The lowest BCUT2D eigenvalue weighted by molar-refractivity contribution is -0.133. The summed E-state index contributed by atoms with van der Waals surface area (Å²) in [5.74, 6) is -1.01. The molecule has 0 radical (unpaired) electrons. The second-order valence-corrected chi connectivity index (χ2v) is 6.72. The van der Waals surface area contributed by atoms with Gasteiger partial charge in [0, 0.05) is 19.7 Å². The average Bonchev–Trinajstić information content (AvgIpc) is 2.76. The summed E-state index contributed by atoms with van der Waals surface area (Å²) >= 11 is 0. The lowest BCUT2D eigenvalue weighted by atomic mass is 10.1. The molecule has 0 aliphatic heterocycles. The monoisotopic (exact) mass is 411 g/mol. The molecule has 0 unspecified atom stereocenters. The fourth-order valence-electron chi connectivity index (χ4n) is 2.96. The van der Waals surface area contributed by atoms with E-state index in [4.69, 9.17) is 14.2 Å². The van der Waals surface area contributed by atoms with Crippen molar-refractivity contribution in [1.82, 2.24) is 4.90 Å². The summed E-state index contributed by atoms with van der Waals surface area (Å²) < 4.78 is 29.0. The number of carbonyl (C=O) groups excluding carboxylic acids is 2. The number of amides is 1. The van der Waals surface area contributed by atoms with E-state index in [2.05, 4.69) is 0 Å². The Hall–Kier alpha value is -3.61. The van der Waals surface area contributed by atoms with Crippen molar-refractivity contribution in [3.63, 3.8) is 0 Å². The van der Waals surface area contributed by atoms with E-state index in [1.165, 1.54) is 24.1 Å². The van der Waals surface area contributed by atoms with Gasteiger partial charge in [-0.1, -0.05) is 18.2 Å². The number of methoxy groups -OCH3 is 2. The van der Waals surface area contributed by atoms with Crippen molar-refractivity contribution < 1.29 is 28.2 Å². The Morgan fingerprint density at radius 2 is 1.53 bits per heavy atom. The predicted molar refractivity (Wildman–Crippen MR) is 110 cm³/mol. The zero-order chi connectivity index (χ0) is 21.7. The number of halogens is 1. The van der Waals surface area contributed by atoms with E-state index in [0.29, 0.717) is 6.54 Å². The van der Waals surface area contributed by atoms with Crippen molar-refractivity contribution in [3.8, 4) is 11.5 Å². The Kier molecular flexibility index (Phi) is 6.51. The maximum Gasteiger partial charge on any atom is 0.341 e. The standard InChI is InChI=1S/C23H22FNO5/c1-25(13-15-4-5-17-11-18(28-2)7-6-16(17)10-15)22(26)14-30-23(27)20-9-8-19(29-3)12-21(20)24/h4-12H,13-14H2,1-3H3. The SMILES string of the molecule is COc1ccc(C(=O)OCC(=O)N(C)Cc2ccc3cc(OC)ccc3c2)c(F)c1. The van der Waals surface area contributed by atoms with Gasteiger partial charge in [0.25, 0.3) is 5.91 Å². The molecule has 0 saturated heterocycles. The number of nitrogens with zero attached hydrogens (tertiary/aromatic N) is 1. The van der Waals surface area contributed by atoms with Crippen LogP contribution in [0.1, 0.15) is 15.9 Å². The number of rotatable bonds is 7. The first kappa shape index (κ1) is 21.1. The van der Waals surface area contributed by atoms with Crippen LogP contribution in [0.4, 0.5) is 4.39 Å². The van der Waals surface area contributed by atoms with Crippen LogP contribution in [0.3, 0.4) is 0 Å². The van der Waals surface area contributed by atoms with Gasteiger partial charge in [0.2, 0.25) is 0 Å². The molecule has 0 N–H and O–H groups in total. The third-order valence-electron chi connectivity index (χ3n) is 4.68. The molecule has 3 aromatic rings. The topological polar surface area (TPSA) is 65.1 Å². The highest BCUT2D eigenvalue weighted by molar-refractivity contribution is 5.91. The van der Waals surface area contributed by atoms with E-state index >= 15 is 0 Å². The Labute approximate surface area is 173 Å². The summed E-state index contributed by atoms with van der Waals surface area (Å²) in [4.78, 5) is 25.8. The molecule has 0 heterocycles. The normalized spacial score (nSPS) is 10.5. The zero-order valence-corrected chi connectivity index (χ0v) is 17.0. The van der Waals surface area contributed by atoms with Gasteiger partial charge in [0.1, 0.15) is 17.3 Å². The number of likely N-dealkylation sites (N-methyl/N-ethyl adjacent to an activating group) is 1. The lowest BCUT2D eigenvalue weighted by Gasteiger charge is -2.18. The molecule has 156 valence electrons. The van der Waals surface area contributed by atoms with Crippen LogP contribution in [-0.2, 0) is 16.1 Å². The van der Waals surface area contributed by atoms with Crippen LogP contribution < -0.4 is 9.47 Å². The fraction of sp³-hybridized carbons (Fsp3) is 0.217. The highest BCUT2D eigenvalue weighted by Gasteiger charge is 2.17. The maximum atomic E-state index is 13.9. The molecule has 0 aromatic heterocycles. The van der Waals surface area contributed by atoms with E-state index in [1.54, 1.807) is 14.2 Å². The number of ether oxygens (including phenoxy) is 3. The molecule has 0 saturated carbocycles. The molecule has 0 spiro atoms. The van der Waals surface area contributed by atoms with Gasteiger partial charge in [-0.05, 0) is 46.7 Å². The number of carbonyl (C=O) groups is 2. The number of esters is 1. The second-order valence-electron chi connectivity index (χ2n) is 6.72. The third-order valence-corrected chi connectivity index (χ3v) is 4.68. The largest absolute Gasteiger partial charge is 0.497 e. The molecule has 0 fully saturated rings. The second kappa shape index (κ2) is 9.26. The van der Waals surface area contributed by atoms with Crippen molar-refractivity contribution in [2.45, 2.75) is 6.54 Å². The summed E-state index contributed by atoms with van der Waals surface area (Å²) in [7, 11) is 4.63. The molecule has 0 aliphatic rings. The Morgan fingerprint density at radius 3 is 2.23 bits per heavy atom. The Balaban J connectivity index is 1.59. The van der Waals surface area contributed by atoms with Crippen LogP contribution in [0.15, 0.2) is 54.6 Å². The van der Waals surface area contributed by atoms with E-state index in [0.717, 1.165) is 28.2 Å². The van der Waals surface area contributed by atoms with Gasteiger partial charge < -0.3 is 19.1 Å². The van der Waals surface area contributed by atoms with E-state index in [9.17, 15) is 14.0 Å². The number of hydrogen-bond donors (Lipinski definition) is 0. The summed E-state index contributed by atoms with van der Waals surface area (Å²) in [6.07, 6.45) is 0. The molecule has 3 aromatic carbocycles. The first-order valence-electron chi connectivity index (χ1n) is 9.22. The fourth-order valence-corrected chi connectivity index (χ4v) is 2.96. The number of hydrogen-bond acceptors (Lipinski definition) is 5. The first-order valence-corrected chi connectivity index (χ1v) is 9.22. The van der Waals surface area contributed by atoms with E-state index in [1.807, 2.05) is 36.4 Å². The molecule has 0 aliphatic carbocycles. The van der Waals surface area contributed by atoms with Crippen molar-refractivity contribution in [1.29, 1.82) is 0 Å².